The van der Waals surface area contributed by atoms with Crippen molar-refractivity contribution in [1.29, 1.82) is 0 Å². The predicted octanol–water partition coefficient (Wildman–Crippen LogP) is 4.66. The second-order valence-electron chi connectivity index (χ2n) is 6.29. The van der Waals surface area contributed by atoms with Gasteiger partial charge < -0.3 is 14.2 Å². The summed E-state index contributed by atoms with van der Waals surface area (Å²) < 4.78 is 15.9. The topological polar surface area (TPSA) is 61.8 Å². The molecule has 1 heterocycles. The van der Waals surface area contributed by atoms with E-state index in [4.69, 9.17) is 25.8 Å². The number of hydrogen-bond acceptors (Lipinski definition) is 6. The van der Waals surface area contributed by atoms with Gasteiger partial charge in [-0.05, 0) is 43.2 Å². The van der Waals surface area contributed by atoms with Crippen molar-refractivity contribution in [2.45, 2.75) is 23.8 Å². The Morgan fingerprint density at radius 3 is 2.79 bits per heavy atom. The van der Waals surface area contributed by atoms with Crippen molar-refractivity contribution in [2.24, 2.45) is 0 Å². The lowest BCUT2D eigenvalue weighted by molar-refractivity contribution is 0.0471. The number of thioether (sulfide) groups is 1. The zero-order valence-corrected chi connectivity index (χ0v) is 17.1. The van der Waals surface area contributed by atoms with Crippen LogP contribution in [-0.2, 0) is 9.47 Å². The molecule has 0 aromatic heterocycles. The number of rotatable bonds is 8. The first kappa shape index (κ1) is 20.7. The minimum absolute atomic E-state index is 0.218. The van der Waals surface area contributed by atoms with Gasteiger partial charge in [-0.1, -0.05) is 23.7 Å². The van der Waals surface area contributed by atoms with Crippen molar-refractivity contribution in [3.8, 4) is 5.75 Å². The molecule has 5 nitrogen and oxygen atoms in total. The highest BCUT2D eigenvalue weighted by Gasteiger charge is 2.19. The molecule has 2 aromatic rings. The highest BCUT2D eigenvalue weighted by atomic mass is 35.5. The lowest BCUT2D eigenvalue weighted by Gasteiger charge is -2.12. The number of hydrogen-bond donors (Lipinski definition) is 0. The number of halogens is 1. The maximum Gasteiger partial charge on any atom is 0.339 e. The minimum atomic E-state index is -0.525. The Balaban J connectivity index is 1.60. The van der Waals surface area contributed by atoms with Gasteiger partial charge in [0, 0.05) is 22.8 Å². The molecule has 1 atom stereocenters. The van der Waals surface area contributed by atoms with E-state index in [0.717, 1.165) is 30.1 Å². The maximum absolute atomic E-state index is 12.5. The van der Waals surface area contributed by atoms with E-state index in [1.54, 1.807) is 36.0 Å². The molecule has 148 valence electrons. The van der Waals surface area contributed by atoms with Gasteiger partial charge in [0.05, 0.1) is 23.8 Å². The number of benzene rings is 2. The highest BCUT2D eigenvalue weighted by Crippen LogP contribution is 2.28. The van der Waals surface area contributed by atoms with Crippen molar-refractivity contribution >= 4 is 35.1 Å². The van der Waals surface area contributed by atoms with Crippen molar-refractivity contribution in [1.82, 2.24) is 0 Å². The van der Waals surface area contributed by atoms with E-state index < -0.39 is 5.97 Å². The molecule has 0 spiro atoms. The monoisotopic (exact) mass is 420 g/mol. The van der Waals surface area contributed by atoms with E-state index in [-0.39, 0.29) is 18.5 Å². The smallest absolute Gasteiger partial charge is 0.339 e. The molecule has 0 saturated carbocycles. The Bertz CT molecular complexity index is 848. The van der Waals surface area contributed by atoms with Crippen LogP contribution in [0.25, 0.3) is 0 Å². The van der Waals surface area contributed by atoms with Gasteiger partial charge in [0.2, 0.25) is 0 Å². The third-order valence-corrected chi connectivity index (χ3v) is 5.86. The van der Waals surface area contributed by atoms with Crippen LogP contribution in [0.4, 0.5) is 0 Å². The molecule has 0 radical (unpaired) electrons. The molecule has 0 bridgehead atoms. The Morgan fingerprint density at radius 1 is 1.25 bits per heavy atom. The highest BCUT2D eigenvalue weighted by molar-refractivity contribution is 7.99. The molecule has 0 amide bonds. The summed E-state index contributed by atoms with van der Waals surface area (Å²) in [6.07, 6.45) is 2.33. The average molecular weight is 421 g/mol. The van der Waals surface area contributed by atoms with E-state index in [1.165, 1.54) is 13.2 Å². The van der Waals surface area contributed by atoms with E-state index >= 15 is 0 Å². The summed E-state index contributed by atoms with van der Waals surface area (Å²) in [5.74, 6) is 0.409. The molecule has 0 aliphatic carbocycles. The van der Waals surface area contributed by atoms with Gasteiger partial charge in [0.25, 0.3) is 0 Å². The molecule has 0 N–H and O–H groups in total. The Morgan fingerprint density at radius 2 is 2.07 bits per heavy atom. The molecule has 1 aliphatic heterocycles. The van der Waals surface area contributed by atoms with Gasteiger partial charge in [-0.25, -0.2) is 4.79 Å². The average Bonchev–Trinajstić information content (AvgIpc) is 3.24. The first-order valence-electron chi connectivity index (χ1n) is 8.96. The molecule has 1 saturated heterocycles. The number of esters is 1. The van der Waals surface area contributed by atoms with E-state index in [2.05, 4.69) is 0 Å². The fourth-order valence-corrected chi connectivity index (χ4v) is 4.22. The van der Waals surface area contributed by atoms with Gasteiger partial charge in [0.1, 0.15) is 5.75 Å². The number of carbonyl (C=O) groups is 2. The standard InChI is InChI=1S/C21H21ClO5S/c1-25-19-9-8-14(11-17(19)22)18(23)12-27-21(24)16-6-2-3-7-20(16)28-13-15-5-4-10-26-15/h2-3,6-9,11,15H,4-5,10,12-13H2,1H3/t15-/m0/s1. The van der Waals surface area contributed by atoms with Gasteiger partial charge in [-0.2, -0.15) is 0 Å². The van der Waals surface area contributed by atoms with Gasteiger partial charge in [0.15, 0.2) is 12.4 Å². The first-order valence-corrected chi connectivity index (χ1v) is 10.3. The number of Topliss-reactive ketones (excluding diaryl/α,β-unsaturated/α-hetero) is 1. The lowest BCUT2D eigenvalue weighted by atomic mass is 10.1. The van der Waals surface area contributed by atoms with E-state index in [0.29, 0.717) is 21.9 Å². The number of methoxy groups -OCH3 is 1. The van der Waals surface area contributed by atoms with Gasteiger partial charge in [-0.3, -0.25) is 4.79 Å². The summed E-state index contributed by atoms with van der Waals surface area (Å²) in [7, 11) is 1.50. The minimum Gasteiger partial charge on any atom is -0.495 e. The zero-order valence-electron chi connectivity index (χ0n) is 15.5. The molecular formula is C21H21ClO5S. The van der Waals surface area contributed by atoms with Crippen molar-refractivity contribution in [3.05, 3.63) is 58.6 Å². The molecule has 2 aromatic carbocycles. The largest absolute Gasteiger partial charge is 0.495 e. The van der Waals surface area contributed by atoms with Crippen LogP contribution in [0.5, 0.6) is 5.75 Å². The summed E-state index contributed by atoms with van der Waals surface area (Å²) in [6, 6.07) is 11.9. The summed E-state index contributed by atoms with van der Waals surface area (Å²) in [4.78, 5) is 25.6. The Hall–Kier alpha value is -2.02. The van der Waals surface area contributed by atoms with Gasteiger partial charge in [-0.15, -0.1) is 11.8 Å². The van der Waals surface area contributed by atoms with Crippen molar-refractivity contribution < 1.29 is 23.8 Å². The summed E-state index contributed by atoms with van der Waals surface area (Å²) in [6.45, 7) is 0.443. The van der Waals surface area contributed by atoms with Gasteiger partial charge >= 0.3 is 5.97 Å². The molecular weight excluding hydrogens is 400 g/mol. The van der Waals surface area contributed by atoms with Crippen LogP contribution in [0, 0.1) is 0 Å². The summed E-state index contributed by atoms with van der Waals surface area (Å²) >= 11 is 7.61. The second-order valence-corrected chi connectivity index (χ2v) is 7.76. The molecule has 28 heavy (non-hydrogen) atoms. The van der Waals surface area contributed by atoms with E-state index in [1.807, 2.05) is 12.1 Å². The third kappa shape index (κ3) is 5.28. The fraction of sp³-hybridized carbons (Fsp3) is 0.333. The molecule has 3 rings (SSSR count). The Kier molecular flexibility index (Phi) is 7.36. The zero-order chi connectivity index (χ0) is 19.9. The number of ketones is 1. The van der Waals surface area contributed by atoms with Crippen LogP contribution in [0.3, 0.4) is 0 Å². The van der Waals surface area contributed by atoms with Crippen LogP contribution >= 0.6 is 23.4 Å². The molecule has 1 aliphatic rings. The molecule has 0 unspecified atom stereocenters. The van der Waals surface area contributed by atoms with Crippen molar-refractivity contribution in [3.63, 3.8) is 0 Å². The first-order chi connectivity index (χ1) is 13.6. The predicted molar refractivity (Wildman–Crippen MR) is 109 cm³/mol. The SMILES string of the molecule is COc1ccc(C(=O)COC(=O)c2ccccc2SC[C@@H]2CCCO2)cc1Cl. The van der Waals surface area contributed by atoms with Crippen LogP contribution in [0.2, 0.25) is 5.02 Å². The van der Waals surface area contributed by atoms with Crippen molar-refractivity contribution in [2.75, 3.05) is 26.1 Å². The van der Waals surface area contributed by atoms with Crippen LogP contribution < -0.4 is 4.74 Å². The third-order valence-electron chi connectivity index (χ3n) is 4.36. The second kappa shape index (κ2) is 9.96. The maximum atomic E-state index is 12.5. The summed E-state index contributed by atoms with van der Waals surface area (Å²) in [5, 5.41) is 0.329. The van der Waals surface area contributed by atoms with Crippen LogP contribution in [0.1, 0.15) is 33.6 Å². The molecule has 7 heteroatoms. The number of ether oxygens (including phenoxy) is 3. The number of carbonyl (C=O) groups excluding carboxylic acids is 2. The van der Waals surface area contributed by atoms with Crippen LogP contribution in [0.15, 0.2) is 47.4 Å². The Labute approximate surface area is 173 Å². The quantitative estimate of drug-likeness (QED) is 0.351. The normalized spacial score (nSPS) is 16.0. The molecule has 1 fully saturated rings. The van der Waals surface area contributed by atoms with E-state index in [9.17, 15) is 9.59 Å². The van der Waals surface area contributed by atoms with Crippen LogP contribution in [-0.4, -0.2) is 43.9 Å². The fourth-order valence-electron chi connectivity index (χ4n) is 2.85. The summed E-state index contributed by atoms with van der Waals surface area (Å²) in [5.41, 5.74) is 0.811. The lowest BCUT2D eigenvalue weighted by Crippen LogP contribution is -2.15.